The normalized spacial score (nSPS) is 11.5. The maximum absolute atomic E-state index is 6.07. The zero-order valence-electron chi connectivity index (χ0n) is 12.5. The molecule has 3 rings (SSSR count). The molecule has 0 saturated carbocycles. The maximum atomic E-state index is 6.07. The van der Waals surface area contributed by atoms with Crippen LogP contribution in [0.5, 0.6) is 17.2 Å². The number of hydrogen-bond donors (Lipinski definition) is 0. The molecule has 3 aromatic rings. The number of para-hydroxylation sites is 3. The summed E-state index contributed by atoms with van der Waals surface area (Å²) in [6.07, 6.45) is 0. The third kappa shape index (κ3) is 4.69. The Balaban J connectivity index is 1.85. The molecule has 0 fully saturated rings. The molecule has 118 valence electrons. The Bertz CT molecular complexity index is 620. The molecule has 0 spiro atoms. The van der Waals surface area contributed by atoms with E-state index in [4.69, 9.17) is 13.6 Å². The van der Waals surface area contributed by atoms with Crippen molar-refractivity contribution in [2.24, 2.45) is 0 Å². The van der Waals surface area contributed by atoms with Crippen LogP contribution in [0.25, 0.3) is 0 Å². The molecule has 3 nitrogen and oxygen atoms in total. The monoisotopic (exact) mass is 344 g/mol. The Morgan fingerprint density at radius 1 is 0.478 bits per heavy atom. The van der Waals surface area contributed by atoms with Crippen LogP contribution in [-0.4, -0.2) is 0 Å². The van der Waals surface area contributed by atoms with Gasteiger partial charge in [0.25, 0.3) is 0 Å². The van der Waals surface area contributed by atoms with Crippen molar-refractivity contribution in [3.63, 3.8) is 0 Å². The molecule has 0 bridgehead atoms. The van der Waals surface area contributed by atoms with Crippen molar-refractivity contribution in [2.75, 3.05) is 0 Å². The standard InChI is InChI=1S/C18H18O3P2/c22-23(19-16-10-4-1-5-11-16,20-17-12-6-2-7-13-17)21-18-14-8-3-9-15-18/h1-15,23H,22H2. The zero-order chi connectivity index (χ0) is 16.0. The summed E-state index contributed by atoms with van der Waals surface area (Å²) < 4.78 is 18.2. The van der Waals surface area contributed by atoms with Crippen LogP contribution in [0.15, 0.2) is 91.0 Å². The van der Waals surface area contributed by atoms with E-state index >= 15 is 0 Å². The van der Waals surface area contributed by atoms with Gasteiger partial charge >= 0.3 is 138 Å². The van der Waals surface area contributed by atoms with E-state index in [1.807, 2.05) is 91.0 Å². The third-order valence-electron chi connectivity index (χ3n) is 3.01. The molecule has 0 aliphatic carbocycles. The fourth-order valence-electron chi connectivity index (χ4n) is 2.02. The van der Waals surface area contributed by atoms with E-state index in [1.165, 1.54) is 0 Å². The first-order valence-corrected chi connectivity index (χ1v) is 10.8. The van der Waals surface area contributed by atoms with Crippen molar-refractivity contribution in [3.05, 3.63) is 91.0 Å². The summed E-state index contributed by atoms with van der Waals surface area (Å²) in [4.78, 5) is 0. The van der Waals surface area contributed by atoms with Gasteiger partial charge in [-0.3, -0.25) is 0 Å². The quantitative estimate of drug-likeness (QED) is 0.552. The van der Waals surface area contributed by atoms with E-state index in [1.54, 1.807) is 0 Å². The Morgan fingerprint density at radius 2 is 0.739 bits per heavy atom. The Hall–Kier alpha value is -2.08. The Kier molecular flexibility index (Phi) is 5.12. The molecule has 0 aliphatic heterocycles. The summed E-state index contributed by atoms with van der Waals surface area (Å²) in [6, 6.07) is 28.6. The van der Waals surface area contributed by atoms with E-state index in [0.29, 0.717) is 17.2 Å². The van der Waals surface area contributed by atoms with Gasteiger partial charge in [-0.25, -0.2) is 0 Å². The van der Waals surface area contributed by atoms with Crippen molar-refractivity contribution < 1.29 is 13.6 Å². The second-order valence-electron chi connectivity index (χ2n) is 4.85. The van der Waals surface area contributed by atoms with Gasteiger partial charge in [0.1, 0.15) is 0 Å². The van der Waals surface area contributed by atoms with Crippen molar-refractivity contribution >= 4 is 16.6 Å². The van der Waals surface area contributed by atoms with Crippen LogP contribution >= 0.6 is 16.6 Å². The van der Waals surface area contributed by atoms with E-state index in [2.05, 4.69) is 8.93 Å². The van der Waals surface area contributed by atoms with Crippen molar-refractivity contribution in [1.82, 2.24) is 0 Å². The van der Waals surface area contributed by atoms with Gasteiger partial charge in [-0.05, 0) is 0 Å². The number of hydrogen-bond acceptors (Lipinski definition) is 3. The van der Waals surface area contributed by atoms with Gasteiger partial charge in [0.2, 0.25) is 0 Å². The summed E-state index contributed by atoms with van der Waals surface area (Å²) in [7, 11) is -0.420. The molecule has 0 saturated heterocycles. The molecule has 0 aromatic heterocycles. The number of rotatable bonds is 6. The molecular weight excluding hydrogens is 326 g/mol. The summed E-state index contributed by atoms with van der Waals surface area (Å²) in [5.74, 6) is 2.13. The molecule has 1 unspecified atom stereocenters. The van der Waals surface area contributed by atoms with E-state index < -0.39 is 7.63 Å². The fourth-order valence-corrected chi connectivity index (χ4v) is 4.76. The summed E-state index contributed by atoms with van der Waals surface area (Å²) >= 11 is 0. The summed E-state index contributed by atoms with van der Waals surface area (Å²) in [5, 5.41) is 0. The van der Waals surface area contributed by atoms with E-state index in [0.717, 1.165) is 0 Å². The third-order valence-corrected chi connectivity index (χ3v) is 5.63. The van der Waals surface area contributed by atoms with Gasteiger partial charge in [-0.15, -0.1) is 0 Å². The Labute approximate surface area is 138 Å². The predicted molar refractivity (Wildman–Crippen MR) is 99.2 cm³/mol. The zero-order valence-corrected chi connectivity index (χ0v) is 14.6. The van der Waals surface area contributed by atoms with Crippen LogP contribution in [-0.2, 0) is 0 Å². The van der Waals surface area contributed by atoms with Gasteiger partial charge in [-0.2, -0.15) is 0 Å². The van der Waals surface area contributed by atoms with Gasteiger partial charge in [-0.1, -0.05) is 0 Å². The first-order chi connectivity index (χ1) is 11.2. The van der Waals surface area contributed by atoms with Crippen LogP contribution in [0.2, 0.25) is 0 Å². The number of benzene rings is 3. The molecule has 5 heteroatoms. The molecule has 0 amide bonds. The van der Waals surface area contributed by atoms with E-state index in [9.17, 15) is 0 Å². The molecule has 0 radical (unpaired) electrons. The average Bonchev–Trinajstić information content (AvgIpc) is 2.57. The van der Waals surface area contributed by atoms with Crippen LogP contribution in [0.1, 0.15) is 0 Å². The van der Waals surface area contributed by atoms with Crippen molar-refractivity contribution in [3.8, 4) is 17.2 Å². The minimum absolute atomic E-state index is 0.709. The molecule has 3 aromatic carbocycles. The second kappa shape index (κ2) is 7.46. The second-order valence-corrected chi connectivity index (χ2v) is 8.79. The van der Waals surface area contributed by atoms with Crippen molar-refractivity contribution in [2.45, 2.75) is 0 Å². The molecule has 1 atom stereocenters. The SMILES string of the molecule is P[PH](Oc1ccccc1)(Oc1ccccc1)Oc1ccccc1. The van der Waals surface area contributed by atoms with Crippen LogP contribution in [0.4, 0.5) is 0 Å². The average molecular weight is 344 g/mol. The topological polar surface area (TPSA) is 27.7 Å². The van der Waals surface area contributed by atoms with Crippen LogP contribution in [0.3, 0.4) is 0 Å². The first kappa shape index (κ1) is 15.8. The van der Waals surface area contributed by atoms with E-state index in [-0.39, 0.29) is 0 Å². The van der Waals surface area contributed by atoms with Gasteiger partial charge in [0.15, 0.2) is 0 Å². The first-order valence-electron chi connectivity index (χ1n) is 7.25. The minimum atomic E-state index is -3.06. The molecule has 23 heavy (non-hydrogen) atoms. The van der Waals surface area contributed by atoms with Crippen LogP contribution in [0, 0.1) is 0 Å². The van der Waals surface area contributed by atoms with Crippen LogP contribution < -0.4 is 13.6 Å². The molecule has 0 aliphatic rings. The predicted octanol–water partition coefficient (Wildman–Crippen LogP) is 5.51. The van der Waals surface area contributed by atoms with Gasteiger partial charge < -0.3 is 0 Å². The fraction of sp³-hybridized carbons (Fsp3) is 0. The summed E-state index contributed by atoms with van der Waals surface area (Å²) in [5.41, 5.74) is 0. The van der Waals surface area contributed by atoms with Gasteiger partial charge in [0, 0.05) is 0 Å². The summed E-state index contributed by atoms with van der Waals surface area (Å²) in [6.45, 7) is 0. The molecule has 0 N–H and O–H groups in total. The Morgan fingerprint density at radius 3 is 1.00 bits per heavy atom. The van der Waals surface area contributed by atoms with Gasteiger partial charge in [0.05, 0.1) is 0 Å². The molecular formula is C18H18O3P2. The van der Waals surface area contributed by atoms with Crippen molar-refractivity contribution in [1.29, 1.82) is 0 Å². The molecule has 0 heterocycles.